The first-order valence-corrected chi connectivity index (χ1v) is 6.57. The van der Waals surface area contributed by atoms with Gasteiger partial charge in [-0.15, -0.1) is 0 Å². The highest BCUT2D eigenvalue weighted by molar-refractivity contribution is 5.28. The molecular formula is C14H17N5O. The summed E-state index contributed by atoms with van der Waals surface area (Å²) in [4.78, 5) is 14.9. The molecule has 0 aromatic carbocycles. The number of fused-ring (bicyclic) bond motifs is 1. The maximum absolute atomic E-state index is 5.62. The lowest BCUT2D eigenvalue weighted by molar-refractivity contribution is 0.238. The van der Waals surface area contributed by atoms with Crippen LogP contribution in [0.4, 0.5) is 5.95 Å². The third-order valence-electron chi connectivity index (χ3n) is 3.47. The molecule has 0 saturated carbocycles. The summed E-state index contributed by atoms with van der Waals surface area (Å²) in [6.45, 7) is 2.58. The fraction of sp³-hybridized carbons (Fsp3) is 0.357. The van der Waals surface area contributed by atoms with Gasteiger partial charge in [-0.2, -0.15) is 0 Å². The highest BCUT2D eigenvalue weighted by atomic mass is 16.5. The molecule has 3 heterocycles. The van der Waals surface area contributed by atoms with Crippen LogP contribution in [0.1, 0.15) is 16.8 Å². The predicted molar refractivity (Wildman–Crippen MR) is 75.1 cm³/mol. The Hall–Kier alpha value is -2.21. The number of pyridine rings is 1. The first-order chi connectivity index (χ1) is 9.76. The summed E-state index contributed by atoms with van der Waals surface area (Å²) in [5.74, 6) is 1.04. The molecule has 0 atom stereocenters. The van der Waals surface area contributed by atoms with Gasteiger partial charge < -0.3 is 10.5 Å². The second-order valence-electron chi connectivity index (χ2n) is 4.83. The summed E-state index contributed by atoms with van der Waals surface area (Å²) in [5.41, 5.74) is 8.92. The second kappa shape index (κ2) is 5.42. The van der Waals surface area contributed by atoms with E-state index in [4.69, 9.17) is 10.5 Å². The molecule has 0 bridgehead atoms. The van der Waals surface area contributed by atoms with Gasteiger partial charge in [-0.25, -0.2) is 15.0 Å². The second-order valence-corrected chi connectivity index (χ2v) is 4.83. The Morgan fingerprint density at radius 2 is 2.30 bits per heavy atom. The van der Waals surface area contributed by atoms with Gasteiger partial charge in [0.15, 0.2) is 0 Å². The molecule has 2 N–H and O–H groups in total. The highest BCUT2D eigenvalue weighted by Gasteiger charge is 2.19. The van der Waals surface area contributed by atoms with Gasteiger partial charge in [0.1, 0.15) is 0 Å². The Bertz CT molecular complexity index is 616. The topological polar surface area (TPSA) is 77.2 Å². The molecule has 0 unspecified atom stereocenters. The molecule has 2 aromatic heterocycles. The van der Waals surface area contributed by atoms with Gasteiger partial charge in [-0.3, -0.25) is 4.90 Å². The van der Waals surface area contributed by atoms with Crippen LogP contribution in [0.2, 0.25) is 0 Å². The molecule has 6 heteroatoms. The van der Waals surface area contributed by atoms with E-state index in [-0.39, 0.29) is 0 Å². The van der Waals surface area contributed by atoms with Crippen molar-refractivity contribution < 1.29 is 4.74 Å². The summed E-state index contributed by atoms with van der Waals surface area (Å²) in [5, 5.41) is 0. The van der Waals surface area contributed by atoms with E-state index in [2.05, 4.69) is 19.9 Å². The number of anilines is 1. The first-order valence-electron chi connectivity index (χ1n) is 6.57. The average Bonchev–Trinajstić information content (AvgIpc) is 2.48. The van der Waals surface area contributed by atoms with Crippen LogP contribution in [0.25, 0.3) is 0 Å². The lowest BCUT2D eigenvalue weighted by Gasteiger charge is -2.28. The maximum Gasteiger partial charge on any atom is 0.220 e. The number of nitrogens with zero attached hydrogens (tertiary/aromatic N) is 4. The zero-order chi connectivity index (χ0) is 13.9. The van der Waals surface area contributed by atoms with Crippen molar-refractivity contribution in [3.8, 4) is 5.88 Å². The number of hydrogen-bond acceptors (Lipinski definition) is 6. The van der Waals surface area contributed by atoms with Crippen molar-refractivity contribution in [2.24, 2.45) is 0 Å². The summed E-state index contributed by atoms with van der Waals surface area (Å²) in [6.07, 6.45) is 4.46. The molecule has 0 fully saturated rings. The lowest BCUT2D eigenvalue weighted by atomic mass is 10.1. The zero-order valence-corrected chi connectivity index (χ0v) is 11.4. The fourth-order valence-corrected chi connectivity index (χ4v) is 2.49. The van der Waals surface area contributed by atoms with Gasteiger partial charge in [-0.1, -0.05) is 6.07 Å². The molecule has 6 nitrogen and oxygen atoms in total. The molecule has 1 aliphatic heterocycles. The van der Waals surface area contributed by atoms with E-state index < -0.39 is 0 Å². The van der Waals surface area contributed by atoms with Crippen LogP contribution in [-0.4, -0.2) is 33.5 Å². The summed E-state index contributed by atoms with van der Waals surface area (Å²) in [7, 11) is 1.65. The number of aromatic nitrogens is 3. The summed E-state index contributed by atoms with van der Waals surface area (Å²) < 4.78 is 5.29. The quantitative estimate of drug-likeness (QED) is 0.898. The van der Waals surface area contributed by atoms with Gasteiger partial charge in [0.25, 0.3) is 0 Å². The van der Waals surface area contributed by atoms with E-state index >= 15 is 0 Å². The van der Waals surface area contributed by atoms with E-state index in [1.54, 1.807) is 13.3 Å². The minimum absolute atomic E-state index is 0.353. The number of nitrogen functional groups attached to an aromatic ring is 1. The van der Waals surface area contributed by atoms with Crippen LogP contribution < -0.4 is 10.5 Å². The molecule has 0 amide bonds. The van der Waals surface area contributed by atoms with Crippen LogP contribution in [0.15, 0.2) is 24.5 Å². The van der Waals surface area contributed by atoms with Crippen molar-refractivity contribution in [1.82, 2.24) is 19.9 Å². The smallest absolute Gasteiger partial charge is 0.220 e. The normalized spacial score (nSPS) is 14.8. The molecule has 104 valence electrons. The van der Waals surface area contributed by atoms with E-state index in [1.165, 1.54) is 0 Å². The molecule has 0 saturated heterocycles. The Morgan fingerprint density at radius 3 is 3.15 bits per heavy atom. The Labute approximate surface area is 117 Å². The minimum Gasteiger partial charge on any atom is -0.481 e. The van der Waals surface area contributed by atoms with Crippen molar-refractivity contribution in [2.45, 2.75) is 19.5 Å². The molecule has 0 radical (unpaired) electrons. The van der Waals surface area contributed by atoms with Crippen LogP contribution in [-0.2, 0) is 19.5 Å². The SMILES string of the molecule is COc1ncccc1CN1CCc2nc(N)ncc2C1. The summed E-state index contributed by atoms with van der Waals surface area (Å²) in [6, 6.07) is 3.97. The van der Waals surface area contributed by atoms with Crippen LogP contribution in [0.5, 0.6) is 5.88 Å². The van der Waals surface area contributed by atoms with Crippen molar-refractivity contribution in [3.63, 3.8) is 0 Å². The maximum atomic E-state index is 5.62. The van der Waals surface area contributed by atoms with E-state index in [0.29, 0.717) is 11.8 Å². The predicted octanol–water partition coefficient (Wildman–Crippen LogP) is 1.02. The monoisotopic (exact) mass is 271 g/mol. The fourth-order valence-electron chi connectivity index (χ4n) is 2.49. The molecule has 1 aliphatic rings. The van der Waals surface area contributed by atoms with Gasteiger partial charge in [0.05, 0.1) is 12.8 Å². The van der Waals surface area contributed by atoms with Crippen LogP contribution in [0.3, 0.4) is 0 Å². The molecule has 20 heavy (non-hydrogen) atoms. The largest absolute Gasteiger partial charge is 0.481 e. The third kappa shape index (κ3) is 2.55. The Kier molecular flexibility index (Phi) is 3.47. The van der Waals surface area contributed by atoms with Gasteiger partial charge in [0, 0.05) is 49.6 Å². The third-order valence-corrected chi connectivity index (χ3v) is 3.47. The van der Waals surface area contributed by atoms with E-state index in [1.807, 2.05) is 18.3 Å². The average molecular weight is 271 g/mol. The minimum atomic E-state index is 0.353. The van der Waals surface area contributed by atoms with Gasteiger partial charge in [0.2, 0.25) is 11.8 Å². The van der Waals surface area contributed by atoms with E-state index in [9.17, 15) is 0 Å². The van der Waals surface area contributed by atoms with Gasteiger partial charge >= 0.3 is 0 Å². The van der Waals surface area contributed by atoms with Crippen LogP contribution in [0, 0.1) is 0 Å². The number of nitrogens with two attached hydrogens (primary N) is 1. The van der Waals surface area contributed by atoms with Crippen molar-refractivity contribution >= 4 is 5.95 Å². The zero-order valence-electron chi connectivity index (χ0n) is 11.4. The molecule has 2 aromatic rings. The number of methoxy groups -OCH3 is 1. The van der Waals surface area contributed by atoms with Crippen molar-refractivity contribution in [2.75, 3.05) is 19.4 Å². The number of rotatable bonds is 3. The number of hydrogen-bond donors (Lipinski definition) is 1. The van der Waals surface area contributed by atoms with Crippen LogP contribution >= 0.6 is 0 Å². The molecule has 0 spiro atoms. The standard InChI is InChI=1S/C14H17N5O/c1-20-13-10(3-2-5-16-13)8-19-6-4-12-11(9-19)7-17-14(15)18-12/h2-3,5,7H,4,6,8-9H2,1H3,(H2,15,17,18). The molecule has 3 rings (SSSR count). The van der Waals surface area contributed by atoms with E-state index in [0.717, 1.165) is 42.9 Å². The summed E-state index contributed by atoms with van der Waals surface area (Å²) >= 11 is 0. The van der Waals surface area contributed by atoms with Gasteiger partial charge in [-0.05, 0) is 6.07 Å². The number of ether oxygens (including phenoxy) is 1. The molecular weight excluding hydrogens is 254 g/mol. The first kappa shape index (κ1) is 12.8. The Balaban J connectivity index is 1.76. The van der Waals surface area contributed by atoms with Crippen molar-refractivity contribution in [1.29, 1.82) is 0 Å². The highest BCUT2D eigenvalue weighted by Crippen LogP contribution is 2.21. The lowest BCUT2D eigenvalue weighted by Crippen LogP contribution is -2.31. The Morgan fingerprint density at radius 1 is 1.40 bits per heavy atom. The van der Waals surface area contributed by atoms with Crippen molar-refractivity contribution in [3.05, 3.63) is 41.3 Å². The molecule has 0 aliphatic carbocycles.